The van der Waals surface area contributed by atoms with Gasteiger partial charge in [-0.1, -0.05) is 18.2 Å². The highest BCUT2D eigenvalue weighted by Crippen LogP contribution is 2.33. The maximum atomic E-state index is 5.69. The number of benzene rings is 1. The van der Waals surface area contributed by atoms with Gasteiger partial charge in [0.2, 0.25) is 0 Å². The zero-order valence-corrected chi connectivity index (χ0v) is 12.4. The van der Waals surface area contributed by atoms with E-state index in [1.807, 2.05) is 31.2 Å². The van der Waals surface area contributed by atoms with Crippen molar-refractivity contribution in [3.8, 4) is 5.75 Å². The zero-order chi connectivity index (χ0) is 13.0. The van der Waals surface area contributed by atoms with Crippen LogP contribution < -0.4 is 16.0 Å². The van der Waals surface area contributed by atoms with Gasteiger partial charge in [-0.15, -0.1) is 11.3 Å². The van der Waals surface area contributed by atoms with Crippen LogP contribution in [0.4, 0.5) is 0 Å². The number of hydrogen-bond donors (Lipinski definition) is 2. The van der Waals surface area contributed by atoms with Crippen LogP contribution in [0.15, 0.2) is 39.5 Å². The fourth-order valence-electron chi connectivity index (χ4n) is 1.85. The number of ether oxygens (including phenoxy) is 1. The highest BCUT2D eigenvalue weighted by Gasteiger charge is 2.17. The van der Waals surface area contributed by atoms with Crippen LogP contribution >= 0.6 is 27.3 Å². The molecule has 0 saturated heterocycles. The van der Waals surface area contributed by atoms with Gasteiger partial charge in [0.25, 0.3) is 0 Å². The molecule has 1 aromatic heterocycles. The van der Waals surface area contributed by atoms with E-state index < -0.39 is 0 Å². The van der Waals surface area contributed by atoms with Gasteiger partial charge in [-0.3, -0.25) is 5.84 Å². The Morgan fingerprint density at radius 3 is 2.83 bits per heavy atom. The Hall–Kier alpha value is -0.880. The van der Waals surface area contributed by atoms with Crippen LogP contribution in [-0.2, 0) is 0 Å². The van der Waals surface area contributed by atoms with Gasteiger partial charge in [0.05, 0.1) is 16.4 Å². The standard InChI is InChI=1S/C13H15BrN2OS/c1-2-17-11-6-4-3-5-10(11)13(16-15)9-7-12(14)18-8-9/h3-8,13,16H,2,15H2,1H3. The maximum Gasteiger partial charge on any atom is 0.124 e. The van der Waals surface area contributed by atoms with Crippen LogP contribution in [0.2, 0.25) is 0 Å². The Kier molecular flexibility index (Phi) is 4.77. The van der Waals surface area contributed by atoms with Crippen molar-refractivity contribution in [3.05, 3.63) is 50.6 Å². The van der Waals surface area contributed by atoms with Crippen LogP contribution in [0.3, 0.4) is 0 Å². The maximum absolute atomic E-state index is 5.69. The van der Waals surface area contributed by atoms with Crippen molar-refractivity contribution in [2.24, 2.45) is 5.84 Å². The lowest BCUT2D eigenvalue weighted by Crippen LogP contribution is -2.28. The molecule has 1 aromatic carbocycles. The molecular formula is C13H15BrN2OS. The first-order chi connectivity index (χ1) is 8.76. The first kappa shape index (κ1) is 13.5. The van der Waals surface area contributed by atoms with E-state index in [1.165, 1.54) is 0 Å². The first-order valence-electron chi connectivity index (χ1n) is 5.68. The van der Waals surface area contributed by atoms with Crippen LogP contribution in [0, 0.1) is 0 Å². The fraction of sp³-hybridized carbons (Fsp3) is 0.231. The number of hydrogen-bond acceptors (Lipinski definition) is 4. The lowest BCUT2D eigenvalue weighted by atomic mass is 10.0. The summed E-state index contributed by atoms with van der Waals surface area (Å²) in [6.45, 7) is 2.62. The third-order valence-electron chi connectivity index (χ3n) is 2.62. The smallest absolute Gasteiger partial charge is 0.124 e. The summed E-state index contributed by atoms with van der Waals surface area (Å²) in [6.07, 6.45) is 0. The molecular weight excluding hydrogens is 312 g/mol. The number of hydrazine groups is 1. The zero-order valence-electron chi connectivity index (χ0n) is 10.0. The van der Waals surface area contributed by atoms with Crippen molar-refractivity contribution in [2.75, 3.05) is 6.61 Å². The minimum absolute atomic E-state index is 0.0599. The van der Waals surface area contributed by atoms with Crippen molar-refractivity contribution in [3.63, 3.8) is 0 Å². The Labute approximate surface area is 119 Å². The summed E-state index contributed by atoms with van der Waals surface area (Å²) in [5.74, 6) is 6.56. The molecule has 1 heterocycles. The molecule has 1 atom stereocenters. The molecule has 0 spiro atoms. The van der Waals surface area contributed by atoms with Gasteiger partial charge >= 0.3 is 0 Å². The van der Waals surface area contributed by atoms with E-state index in [9.17, 15) is 0 Å². The summed E-state index contributed by atoms with van der Waals surface area (Å²) in [5, 5.41) is 2.08. The number of rotatable bonds is 5. The second kappa shape index (κ2) is 6.33. The van der Waals surface area contributed by atoms with Gasteiger partial charge in [-0.05, 0) is 45.9 Å². The molecule has 3 N–H and O–H groups in total. The third kappa shape index (κ3) is 2.92. The van der Waals surface area contributed by atoms with Gasteiger partial charge in [0.1, 0.15) is 5.75 Å². The average molecular weight is 327 g/mol. The molecule has 0 aliphatic carbocycles. The predicted molar refractivity (Wildman–Crippen MR) is 78.8 cm³/mol. The van der Waals surface area contributed by atoms with Crippen LogP contribution in [0.25, 0.3) is 0 Å². The second-order valence-corrected chi connectivity index (χ2v) is 6.05. The van der Waals surface area contributed by atoms with Crippen molar-refractivity contribution >= 4 is 27.3 Å². The van der Waals surface area contributed by atoms with E-state index in [0.717, 1.165) is 20.7 Å². The topological polar surface area (TPSA) is 47.3 Å². The van der Waals surface area contributed by atoms with Crippen molar-refractivity contribution in [1.82, 2.24) is 5.43 Å². The van der Waals surface area contributed by atoms with E-state index in [1.54, 1.807) is 11.3 Å². The summed E-state index contributed by atoms with van der Waals surface area (Å²) in [6, 6.07) is 9.95. The molecule has 0 amide bonds. The van der Waals surface area contributed by atoms with E-state index in [2.05, 4.69) is 32.8 Å². The predicted octanol–water partition coefficient (Wildman–Crippen LogP) is 3.46. The highest BCUT2D eigenvalue weighted by molar-refractivity contribution is 9.11. The Balaban J connectivity index is 2.38. The van der Waals surface area contributed by atoms with Crippen LogP contribution in [0.1, 0.15) is 24.1 Å². The minimum atomic E-state index is -0.0599. The average Bonchev–Trinajstić information content (AvgIpc) is 2.79. The lowest BCUT2D eigenvalue weighted by Gasteiger charge is -2.18. The monoisotopic (exact) mass is 326 g/mol. The summed E-state index contributed by atoms with van der Waals surface area (Å²) in [4.78, 5) is 0. The third-order valence-corrected chi connectivity index (χ3v) is 4.14. The highest BCUT2D eigenvalue weighted by atomic mass is 79.9. The molecule has 0 radical (unpaired) electrons. The quantitative estimate of drug-likeness (QED) is 0.653. The minimum Gasteiger partial charge on any atom is -0.494 e. The molecule has 2 rings (SSSR count). The largest absolute Gasteiger partial charge is 0.494 e. The molecule has 0 saturated carbocycles. The molecule has 1 unspecified atom stereocenters. The van der Waals surface area contributed by atoms with E-state index >= 15 is 0 Å². The molecule has 0 bridgehead atoms. The molecule has 2 aromatic rings. The van der Waals surface area contributed by atoms with Crippen molar-refractivity contribution in [1.29, 1.82) is 0 Å². The Morgan fingerprint density at radius 1 is 1.44 bits per heavy atom. The van der Waals surface area contributed by atoms with Gasteiger partial charge in [0.15, 0.2) is 0 Å². The summed E-state index contributed by atoms with van der Waals surface area (Å²) < 4.78 is 6.73. The summed E-state index contributed by atoms with van der Waals surface area (Å²) in [5.41, 5.74) is 5.03. The molecule has 5 heteroatoms. The second-order valence-electron chi connectivity index (χ2n) is 3.75. The van der Waals surface area contributed by atoms with Crippen LogP contribution in [0.5, 0.6) is 5.75 Å². The van der Waals surface area contributed by atoms with Gasteiger partial charge in [-0.25, -0.2) is 5.43 Å². The molecule has 3 nitrogen and oxygen atoms in total. The number of para-hydroxylation sites is 1. The number of nitrogens with two attached hydrogens (primary N) is 1. The normalized spacial score (nSPS) is 12.4. The van der Waals surface area contributed by atoms with Crippen LogP contribution in [-0.4, -0.2) is 6.61 Å². The van der Waals surface area contributed by atoms with E-state index in [-0.39, 0.29) is 6.04 Å². The first-order valence-corrected chi connectivity index (χ1v) is 7.35. The Morgan fingerprint density at radius 2 is 2.22 bits per heavy atom. The molecule has 96 valence electrons. The van der Waals surface area contributed by atoms with E-state index in [4.69, 9.17) is 10.6 Å². The lowest BCUT2D eigenvalue weighted by molar-refractivity contribution is 0.333. The number of nitrogens with one attached hydrogen (secondary N) is 1. The number of thiophene rings is 1. The van der Waals surface area contributed by atoms with Gasteiger partial charge < -0.3 is 4.74 Å². The SMILES string of the molecule is CCOc1ccccc1C(NN)c1csc(Br)c1. The number of halogens is 1. The summed E-state index contributed by atoms with van der Waals surface area (Å²) in [7, 11) is 0. The fourth-order valence-corrected chi connectivity index (χ4v) is 3.05. The van der Waals surface area contributed by atoms with Gasteiger partial charge in [-0.2, -0.15) is 0 Å². The van der Waals surface area contributed by atoms with Gasteiger partial charge in [0, 0.05) is 5.56 Å². The molecule has 0 fully saturated rings. The van der Waals surface area contributed by atoms with Crippen molar-refractivity contribution in [2.45, 2.75) is 13.0 Å². The molecule has 18 heavy (non-hydrogen) atoms. The molecule has 0 aliphatic rings. The van der Waals surface area contributed by atoms with Crippen molar-refractivity contribution < 1.29 is 4.74 Å². The van der Waals surface area contributed by atoms with E-state index in [0.29, 0.717) is 6.61 Å². The molecule has 0 aliphatic heterocycles. The summed E-state index contributed by atoms with van der Waals surface area (Å²) >= 11 is 5.11. The Bertz CT molecular complexity index is 515.